The molecule has 4 nitrogen and oxygen atoms in total. The predicted octanol–water partition coefficient (Wildman–Crippen LogP) is 1.13. The molecule has 1 aromatic rings. The standard InChI is InChI=1S/C12H15BrN2O2/c1-8-6-15(11(7-16)12(17)14-8)10-5-3-2-4-9(10)13/h2-5,8,11,16H,6-7H2,1H3,(H,14,17). The van der Waals surface area contributed by atoms with Crippen LogP contribution in [-0.2, 0) is 4.79 Å². The van der Waals surface area contributed by atoms with E-state index in [1.54, 1.807) is 0 Å². The van der Waals surface area contributed by atoms with Crippen molar-refractivity contribution in [2.24, 2.45) is 0 Å². The number of rotatable bonds is 2. The molecule has 1 saturated heterocycles. The van der Waals surface area contributed by atoms with Crippen LogP contribution >= 0.6 is 15.9 Å². The highest BCUT2D eigenvalue weighted by molar-refractivity contribution is 9.10. The Morgan fingerprint density at radius 1 is 1.53 bits per heavy atom. The van der Waals surface area contributed by atoms with Gasteiger partial charge in [-0.2, -0.15) is 0 Å². The minimum absolute atomic E-state index is 0.0809. The van der Waals surface area contributed by atoms with Crippen molar-refractivity contribution in [3.05, 3.63) is 28.7 Å². The Labute approximate surface area is 109 Å². The highest BCUT2D eigenvalue weighted by Crippen LogP contribution is 2.28. The summed E-state index contributed by atoms with van der Waals surface area (Å²) >= 11 is 3.47. The second kappa shape index (κ2) is 5.06. The van der Waals surface area contributed by atoms with Crippen molar-refractivity contribution in [2.45, 2.75) is 19.0 Å². The van der Waals surface area contributed by atoms with Crippen LogP contribution in [0.4, 0.5) is 5.69 Å². The first-order valence-electron chi connectivity index (χ1n) is 5.56. The van der Waals surface area contributed by atoms with E-state index in [1.165, 1.54) is 0 Å². The molecule has 1 heterocycles. The van der Waals surface area contributed by atoms with E-state index in [2.05, 4.69) is 21.2 Å². The lowest BCUT2D eigenvalue weighted by Crippen LogP contribution is -2.60. The van der Waals surface area contributed by atoms with Crippen molar-refractivity contribution in [2.75, 3.05) is 18.1 Å². The molecule has 1 aliphatic rings. The first-order valence-corrected chi connectivity index (χ1v) is 6.35. The summed E-state index contributed by atoms with van der Waals surface area (Å²) in [5, 5.41) is 12.2. The van der Waals surface area contributed by atoms with E-state index in [0.29, 0.717) is 6.54 Å². The zero-order chi connectivity index (χ0) is 12.4. The average Bonchev–Trinajstić information content (AvgIpc) is 2.28. The molecule has 1 amide bonds. The fourth-order valence-electron chi connectivity index (χ4n) is 2.08. The maximum Gasteiger partial charge on any atom is 0.245 e. The number of nitrogens with zero attached hydrogens (tertiary/aromatic N) is 1. The molecule has 0 bridgehead atoms. The van der Waals surface area contributed by atoms with Gasteiger partial charge in [0.2, 0.25) is 5.91 Å². The van der Waals surface area contributed by atoms with Crippen LogP contribution in [0, 0.1) is 0 Å². The third-order valence-electron chi connectivity index (χ3n) is 2.87. The molecule has 92 valence electrons. The quantitative estimate of drug-likeness (QED) is 0.861. The molecule has 0 aliphatic carbocycles. The van der Waals surface area contributed by atoms with E-state index in [4.69, 9.17) is 0 Å². The van der Waals surface area contributed by atoms with E-state index in [1.807, 2.05) is 36.1 Å². The van der Waals surface area contributed by atoms with E-state index >= 15 is 0 Å². The van der Waals surface area contributed by atoms with E-state index < -0.39 is 6.04 Å². The van der Waals surface area contributed by atoms with Gasteiger partial charge in [-0.1, -0.05) is 12.1 Å². The van der Waals surface area contributed by atoms with Crippen LogP contribution in [0.2, 0.25) is 0 Å². The Morgan fingerprint density at radius 3 is 2.88 bits per heavy atom. The summed E-state index contributed by atoms with van der Waals surface area (Å²) in [5.74, 6) is -0.123. The number of piperazine rings is 1. The Kier molecular flexibility index (Phi) is 3.69. The summed E-state index contributed by atoms with van der Waals surface area (Å²) in [6.45, 7) is 2.47. The molecular weight excluding hydrogens is 284 g/mol. The highest BCUT2D eigenvalue weighted by atomic mass is 79.9. The van der Waals surface area contributed by atoms with E-state index in [0.717, 1.165) is 10.2 Å². The van der Waals surface area contributed by atoms with Gasteiger partial charge in [-0.25, -0.2) is 0 Å². The van der Waals surface area contributed by atoms with Gasteiger partial charge in [-0.05, 0) is 35.0 Å². The molecule has 0 radical (unpaired) electrons. The summed E-state index contributed by atoms with van der Waals surface area (Å²) in [4.78, 5) is 13.7. The number of aliphatic hydroxyl groups excluding tert-OH is 1. The van der Waals surface area contributed by atoms with Crippen molar-refractivity contribution in [3.8, 4) is 0 Å². The Morgan fingerprint density at radius 2 is 2.24 bits per heavy atom. The van der Waals surface area contributed by atoms with Crippen molar-refractivity contribution < 1.29 is 9.90 Å². The van der Waals surface area contributed by atoms with Crippen molar-refractivity contribution >= 4 is 27.5 Å². The minimum Gasteiger partial charge on any atom is -0.394 e. The van der Waals surface area contributed by atoms with Crippen molar-refractivity contribution in [1.29, 1.82) is 0 Å². The lowest BCUT2D eigenvalue weighted by atomic mass is 10.1. The molecule has 0 saturated carbocycles. The van der Waals surface area contributed by atoms with Gasteiger partial charge in [-0.15, -0.1) is 0 Å². The molecule has 2 unspecified atom stereocenters. The van der Waals surface area contributed by atoms with Crippen molar-refractivity contribution in [1.82, 2.24) is 5.32 Å². The number of nitrogens with one attached hydrogen (secondary N) is 1. The number of hydrogen-bond donors (Lipinski definition) is 2. The first-order chi connectivity index (χ1) is 8.13. The molecule has 2 atom stereocenters. The number of halogens is 1. The molecule has 1 aromatic carbocycles. The maximum absolute atomic E-state index is 11.8. The number of hydrogen-bond acceptors (Lipinski definition) is 3. The largest absolute Gasteiger partial charge is 0.394 e. The average molecular weight is 299 g/mol. The minimum atomic E-state index is -0.509. The Hall–Kier alpha value is -1.07. The number of benzene rings is 1. The molecule has 2 rings (SSSR count). The summed E-state index contributed by atoms with van der Waals surface area (Å²) in [7, 11) is 0. The summed E-state index contributed by atoms with van der Waals surface area (Å²) < 4.78 is 0.931. The Balaban J connectivity index is 2.34. The topological polar surface area (TPSA) is 52.6 Å². The zero-order valence-corrected chi connectivity index (χ0v) is 11.1. The fraction of sp³-hybridized carbons (Fsp3) is 0.417. The smallest absolute Gasteiger partial charge is 0.245 e. The second-order valence-electron chi connectivity index (χ2n) is 4.21. The number of amides is 1. The summed E-state index contributed by atoms with van der Waals surface area (Å²) in [5.41, 5.74) is 0.938. The molecule has 5 heteroatoms. The number of aliphatic hydroxyl groups is 1. The lowest BCUT2D eigenvalue weighted by Gasteiger charge is -2.39. The highest BCUT2D eigenvalue weighted by Gasteiger charge is 2.33. The van der Waals surface area contributed by atoms with Crippen LogP contribution < -0.4 is 10.2 Å². The van der Waals surface area contributed by atoms with Gasteiger partial charge >= 0.3 is 0 Å². The van der Waals surface area contributed by atoms with E-state index in [9.17, 15) is 9.90 Å². The van der Waals surface area contributed by atoms with Gasteiger partial charge in [0.15, 0.2) is 0 Å². The SMILES string of the molecule is CC1CN(c2ccccc2Br)C(CO)C(=O)N1. The predicted molar refractivity (Wildman–Crippen MR) is 70.0 cm³/mol. The molecule has 0 spiro atoms. The maximum atomic E-state index is 11.8. The summed E-state index contributed by atoms with van der Waals surface area (Å²) in [6, 6.07) is 7.29. The molecule has 17 heavy (non-hydrogen) atoms. The number of carbonyl (C=O) groups excluding carboxylic acids is 1. The van der Waals surface area contributed by atoms with Crippen LogP contribution in [0.15, 0.2) is 28.7 Å². The second-order valence-corrected chi connectivity index (χ2v) is 5.07. The van der Waals surface area contributed by atoms with Gasteiger partial charge in [-0.3, -0.25) is 4.79 Å². The molecule has 2 N–H and O–H groups in total. The van der Waals surface area contributed by atoms with Gasteiger partial charge < -0.3 is 15.3 Å². The molecule has 1 aliphatic heterocycles. The van der Waals surface area contributed by atoms with Gasteiger partial charge in [0.25, 0.3) is 0 Å². The number of carbonyl (C=O) groups is 1. The molecule has 1 fully saturated rings. The van der Waals surface area contributed by atoms with E-state index in [-0.39, 0.29) is 18.6 Å². The van der Waals surface area contributed by atoms with Gasteiger partial charge in [0.1, 0.15) is 6.04 Å². The van der Waals surface area contributed by atoms with Gasteiger partial charge in [0.05, 0.1) is 12.3 Å². The third-order valence-corrected chi connectivity index (χ3v) is 3.54. The normalized spacial score (nSPS) is 24.6. The van der Waals surface area contributed by atoms with Crippen LogP contribution in [0.5, 0.6) is 0 Å². The number of anilines is 1. The van der Waals surface area contributed by atoms with Crippen LogP contribution in [-0.4, -0.2) is 36.2 Å². The molecular formula is C12H15BrN2O2. The zero-order valence-electron chi connectivity index (χ0n) is 9.56. The Bertz CT molecular complexity index is 425. The number of para-hydroxylation sites is 1. The monoisotopic (exact) mass is 298 g/mol. The first kappa shape index (κ1) is 12.4. The van der Waals surface area contributed by atoms with Gasteiger partial charge in [0, 0.05) is 17.1 Å². The van der Waals surface area contributed by atoms with Crippen LogP contribution in [0.25, 0.3) is 0 Å². The molecule has 0 aromatic heterocycles. The van der Waals surface area contributed by atoms with Crippen LogP contribution in [0.1, 0.15) is 6.92 Å². The summed E-state index contributed by atoms with van der Waals surface area (Å²) in [6.07, 6.45) is 0. The van der Waals surface area contributed by atoms with Crippen LogP contribution in [0.3, 0.4) is 0 Å². The third kappa shape index (κ3) is 2.45. The van der Waals surface area contributed by atoms with Crippen molar-refractivity contribution in [3.63, 3.8) is 0 Å². The fourth-order valence-corrected chi connectivity index (χ4v) is 2.59. The lowest BCUT2D eigenvalue weighted by molar-refractivity contribution is -0.125.